The predicted octanol–water partition coefficient (Wildman–Crippen LogP) is 1.57. The Morgan fingerprint density at radius 3 is 3.40 bits per heavy atom. The average Bonchev–Trinajstić information content (AvgIpc) is 2.52. The fraction of sp³-hybridized carbons (Fsp3) is 0.455. The summed E-state index contributed by atoms with van der Waals surface area (Å²) in [6, 6.07) is 4.11. The van der Waals surface area contributed by atoms with Crippen molar-refractivity contribution in [1.29, 1.82) is 0 Å². The van der Waals surface area contributed by atoms with Gasteiger partial charge in [0, 0.05) is 6.20 Å². The van der Waals surface area contributed by atoms with Gasteiger partial charge in [-0.25, -0.2) is 4.79 Å². The van der Waals surface area contributed by atoms with Crippen molar-refractivity contribution < 1.29 is 9.53 Å². The van der Waals surface area contributed by atoms with Gasteiger partial charge in [0.15, 0.2) is 6.10 Å². The molecule has 0 aromatic carbocycles. The van der Waals surface area contributed by atoms with Crippen LogP contribution in [0.3, 0.4) is 0 Å². The number of nitrogens with zero attached hydrogens (tertiary/aromatic N) is 1. The Kier molecular flexibility index (Phi) is 1.87. The molecule has 0 spiro atoms. The van der Waals surface area contributed by atoms with Crippen molar-refractivity contribution in [2.45, 2.75) is 31.4 Å². The maximum absolute atomic E-state index is 11.2. The van der Waals surface area contributed by atoms with E-state index in [0.29, 0.717) is 0 Å². The third-order valence-electron chi connectivity index (χ3n) is 3.06. The SMILES string of the molecule is O=C1N[C@@H]2CCCc3cccnc3[C@@H]2O1. The fourth-order valence-electron chi connectivity index (χ4n) is 2.36. The Labute approximate surface area is 87.7 Å². The number of aryl methyl sites for hydroxylation is 1. The number of carbonyl (C=O) groups is 1. The average molecular weight is 204 g/mol. The molecule has 1 fully saturated rings. The molecular weight excluding hydrogens is 192 g/mol. The van der Waals surface area contributed by atoms with Crippen molar-refractivity contribution in [2.75, 3.05) is 0 Å². The van der Waals surface area contributed by atoms with E-state index in [1.54, 1.807) is 6.20 Å². The number of amides is 1. The maximum Gasteiger partial charge on any atom is 0.408 e. The maximum atomic E-state index is 11.2. The van der Waals surface area contributed by atoms with Gasteiger partial charge in [0.2, 0.25) is 0 Å². The number of fused-ring (bicyclic) bond motifs is 3. The molecule has 2 aliphatic rings. The molecule has 1 aliphatic heterocycles. The second kappa shape index (κ2) is 3.22. The summed E-state index contributed by atoms with van der Waals surface area (Å²) in [7, 11) is 0. The number of carbonyl (C=O) groups excluding carboxylic acids is 1. The summed E-state index contributed by atoms with van der Waals surface area (Å²) in [6.07, 6.45) is 4.32. The molecule has 4 nitrogen and oxygen atoms in total. The smallest absolute Gasteiger partial charge is 0.408 e. The summed E-state index contributed by atoms with van der Waals surface area (Å²) in [5, 5.41) is 2.84. The molecule has 1 amide bonds. The molecule has 0 radical (unpaired) electrons. The first-order chi connectivity index (χ1) is 7.34. The lowest BCUT2D eigenvalue weighted by Crippen LogP contribution is -2.27. The highest BCUT2D eigenvalue weighted by Gasteiger charge is 2.38. The van der Waals surface area contributed by atoms with Crippen molar-refractivity contribution in [3.63, 3.8) is 0 Å². The van der Waals surface area contributed by atoms with Gasteiger partial charge in [-0.2, -0.15) is 0 Å². The highest BCUT2D eigenvalue weighted by atomic mass is 16.6. The number of nitrogens with one attached hydrogen (secondary N) is 1. The number of hydrogen-bond acceptors (Lipinski definition) is 3. The van der Waals surface area contributed by atoms with Crippen LogP contribution in [0.15, 0.2) is 18.3 Å². The normalized spacial score (nSPS) is 28.4. The van der Waals surface area contributed by atoms with Crippen LogP contribution in [0, 0.1) is 0 Å². The van der Waals surface area contributed by atoms with Crippen LogP contribution in [0.5, 0.6) is 0 Å². The minimum absolute atomic E-state index is 0.105. The number of pyridine rings is 1. The van der Waals surface area contributed by atoms with E-state index in [0.717, 1.165) is 25.0 Å². The molecule has 1 aromatic heterocycles. The summed E-state index contributed by atoms with van der Waals surface area (Å²) in [6.45, 7) is 0. The van der Waals surface area contributed by atoms with Crippen molar-refractivity contribution in [1.82, 2.24) is 10.3 Å². The molecule has 4 heteroatoms. The number of rotatable bonds is 0. The van der Waals surface area contributed by atoms with E-state index in [-0.39, 0.29) is 18.2 Å². The quantitative estimate of drug-likeness (QED) is 0.697. The highest BCUT2D eigenvalue weighted by Crippen LogP contribution is 2.33. The highest BCUT2D eigenvalue weighted by molar-refractivity contribution is 5.70. The lowest BCUT2D eigenvalue weighted by Gasteiger charge is -2.13. The largest absolute Gasteiger partial charge is 0.437 e. The van der Waals surface area contributed by atoms with Gasteiger partial charge in [-0.15, -0.1) is 0 Å². The van der Waals surface area contributed by atoms with Gasteiger partial charge >= 0.3 is 6.09 Å². The van der Waals surface area contributed by atoms with Gasteiger partial charge in [-0.05, 0) is 30.9 Å². The number of ether oxygens (including phenoxy) is 1. The van der Waals surface area contributed by atoms with Crippen LogP contribution in [0.1, 0.15) is 30.2 Å². The van der Waals surface area contributed by atoms with E-state index < -0.39 is 0 Å². The first kappa shape index (κ1) is 8.71. The molecule has 1 N–H and O–H groups in total. The molecule has 3 rings (SSSR count). The second-order valence-corrected chi connectivity index (χ2v) is 4.02. The minimum Gasteiger partial charge on any atom is -0.437 e. The predicted molar refractivity (Wildman–Crippen MR) is 53.3 cm³/mol. The van der Waals surface area contributed by atoms with Crippen LogP contribution in [0.25, 0.3) is 0 Å². The van der Waals surface area contributed by atoms with E-state index in [2.05, 4.69) is 16.4 Å². The van der Waals surface area contributed by atoms with E-state index in [1.807, 2.05) is 6.07 Å². The lowest BCUT2D eigenvalue weighted by atomic mass is 10.1. The van der Waals surface area contributed by atoms with Gasteiger partial charge in [0.25, 0.3) is 0 Å². The summed E-state index contributed by atoms with van der Waals surface area (Å²) in [5.74, 6) is 0. The molecule has 1 aliphatic carbocycles. The van der Waals surface area contributed by atoms with Crippen LogP contribution in [0.4, 0.5) is 4.79 Å². The van der Waals surface area contributed by atoms with Gasteiger partial charge in [-0.1, -0.05) is 6.07 Å². The Morgan fingerprint density at radius 1 is 1.53 bits per heavy atom. The number of alkyl carbamates (subject to hydrolysis) is 1. The number of aromatic nitrogens is 1. The molecule has 1 saturated heterocycles. The van der Waals surface area contributed by atoms with E-state index in [9.17, 15) is 4.79 Å². The fourth-order valence-corrected chi connectivity index (χ4v) is 2.36. The summed E-state index contributed by atoms with van der Waals surface area (Å²) in [5.41, 5.74) is 2.14. The molecule has 0 unspecified atom stereocenters. The first-order valence-corrected chi connectivity index (χ1v) is 5.25. The summed E-state index contributed by atoms with van der Waals surface area (Å²) in [4.78, 5) is 15.5. The molecule has 15 heavy (non-hydrogen) atoms. The monoisotopic (exact) mass is 204 g/mol. The zero-order valence-electron chi connectivity index (χ0n) is 8.27. The molecule has 0 saturated carbocycles. The van der Waals surface area contributed by atoms with Crippen molar-refractivity contribution in [3.8, 4) is 0 Å². The lowest BCUT2D eigenvalue weighted by molar-refractivity contribution is 0.129. The van der Waals surface area contributed by atoms with E-state index in [4.69, 9.17) is 4.74 Å². The molecular formula is C11H12N2O2. The van der Waals surface area contributed by atoms with Crippen LogP contribution in [0.2, 0.25) is 0 Å². The van der Waals surface area contributed by atoms with Gasteiger partial charge in [0.05, 0.1) is 11.7 Å². The van der Waals surface area contributed by atoms with Crippen molar-refractivity contribution in [3.05, 3.63) is 29.6 Å². The van der Waals surface area contributed by atoms with Gasteiger partial charge in [-0.3, -0.25) is 4.98 Å². The molecule has 2 atom stereocenters. The van der Waals surface area contributed by atoms with Crippen LogP contribution in [-0.4, -0.2) is 17.1 Å². The zero-order chi connectivity index (χ0) is 10.3. The Morgan fingerprint density at radius 2 is 2.47 bits per heavy atom. The van der Waals surface area contributed by atoms with Crippen LogP contribution in [-0.2, 0) is 11.2 Å². The van der Waals surface area contributed by atoms with Crippen LogP contribution < -0.4 is 5.32 Å². The van der Waals surface area contributed by atoms with E-state index in [1.165, 1.54) is 5.56 Å². The van der Waals surface area contributed by atoms with Gasteiger partial charge < -0.3 is 10.1 Å². The molecule has 1 aromatic rings. The Bertz CT molecular complexity index is 405. The van der Waals surface area contributed by atoms with Crippen LogP contribution >= 0.6 is 0 Å². The third-order valence-corrected chi connectivity index (χ3v) is 3.06. The first-order valence-electron chi connectivity index (χ1n) is 5.25. The molecule has 78 valence electrons. The topological polar surface area (TPSA) is 51.2 Å². The zero-order valence-corrected chi connectivity index (χ0v) is 8.27. The summed E-state index contributed by atoms with van der Waals surface area (Å²) < 4.78 is 5.26. The number of hydrogen-bond donors (Lipinski definition) is 1. The standard InChI is InChI=1S/C11H12N2O2/c14-11-13-8-5-1-3-7-4-2-6-12-9(7)10(8)15-11/h2,4,6,8,10H,1,3,5H2,(H,13,14)/t8-,10-/m1/s1. The Balaban J connectivity index is 2.04. The minimum atomic E-state index is -0.316. The third kappa shape index (κ3) is 1.37. The van der Waals surface area contributed by atoms with Crippen molar-refractivity contribution >= 4 is 6.09 Å². The van der Waals surface area contributed by atoms with Crippen molar-refractivity contribution in [2.24, 2.45) is 0 Å². The summed E-state index contributed by atoms with van der Waals surface area (Å²) >= 11 is 0. The molecule has 2 heterocycles. The van der Waals surface area contributed by atoms with E-state index >= 15 is 0 Å². The molecule has 0 bridgehead atoms. The van der Waals surface area contributed by atoms with Gasteiger partial charge in [0.1, 0.15) is 0 Å². The Hall–Kier alpha value is -1.58. The second-order valence-electron chi connectivity index (χ2n) is 4.02.